The summed E-state index contributed by atoms with van der Waals surface area (Å²) in [5, 5.41) is 11.9. The third-order valence-electron chi connectivity index (χ3n) is 3.08. The highest BCUT2D eigenvalue weighted by Gasteiger charge is 2.12. The SMILES string of the molecule is Cc1ccc(NC(=O)/C(C#N)=C\c2cc(Br)c(Br)o2)cc1C. The van der Waals surface area contributed by atoms with Gasteiger partial charge in [0.25, 0.3) is 5.91 Å². The Balaban J connectivity index is 2.22. The summed E-state index contributed by atoms with van der Waals surface area (Å²) in [6.45, 7) is 3.96. The highest BCUT2D eigenvalue weighted by molar-refractivity contribution is 9.13. The Kier molecular flexibility index (Phi) is 5.22. The maximum Gasteiger partial charge on any atom is 0.266 e. The third-order valence-corrected chi connectivity index (χ3v) is 4.79. The van der Waals surface area contributed by atoms with E-state index in [-0.39, 0.29) is 5.57 Å². The van der Waals surface area contributed by atoms with Crippen LogP contribution in [-0.4, -0.2) is 5.91 Å². The molecule has 4 nitrogen and oxygen atoms in total. The molecule has 0 radical (unpaired) electrons. The van der Waals surface area contributed by atoms with E-state index in [2.05, 4.69) is 37.2 Å². The van der Waals surface area contributed by atoms with Gasteiger partial charge in [-0.3, -0.25) is 4.79 Å². The molecular formula is C16H12Br2N2O2. The lowest BCUT2D eigenvalue weighted by atomic mass is 10.1. The fourth-order valence-corrected chi connectivity index (χ4v) is 2.35. The minimum Gasteiger partial charge on any atom is -0.449 e. The van der Waals surface area contributed by atoms with Gasteiger partial charge in [-0.25, -0.2) is 0 Å². The van der Waals surface area contributed by atoms with Crippen molar-refractivity contribution in [3.05, 3.63) is 55.9 Å². The number of halogens is 2. The number of nitriles is 1. The molecule has 6 heteroatoms. The normalized spacial score (nSPS) is 11.1. The number of anilines is 1. The topological polar surface area (TPSA) is 66.0 Å². The molecule has 0 unspecified atom stereocenters. The van der Waals surface area contributed by atoms with Crippen molar-refractivity contribution in [3.63, 3.8) is 0 Å². The van der Waals surface area contributed by atoms with E-state index < -0.39 is 5.91 Å². The second kappa shape index (κ2) is 6.95. The fraction of sp³-hybridized carbons (Fsp3) is 0.125. The lowest BCUT2D eigenvalue weighted by Crippen LogP contribution is -2.13. The van der Waals surface area contributed by atoms with Crippen LogP contribution in [0.5, 0.6) is 0 Å². The lowest BCUT2D eigenvalue weighted by Gasteiger charge is -2.06. The van der Waals surface area contributed by atoms with E-state index in [0.29, 0.717) is 20.6 Å². The predicted molar refractivity (Wildman–Crippen MR) is 92.2 cm³/mol. The van der Waals surface area contributed by atoms with Crippen LogP contribution in [0.15, 0.2) is 43.4 Å². The van der Waals surface area contributed by atoms with E-state index in [9.17, 15) is 4.79 Å². The average molecular weight is 424 g/mol. The smallest absolute Gasteiger partial charge is 0.266 e. The van der Waals surface area contributed by atoms with E-state index in [1.54, 1.807) is 12.1 Å². The molecule has 1 amide bonds. The summed E-state index contributed by atoms with van der Waals surface area (Å²) in [6.07, 6.45) is 1.39. The molecular weight excluding hydrogens is 412 g/mol. The van der Waals surface area contributed by atoms with Gasteiger partial charge in [-0.05, 0) is 75.0 Å². The number of hydrogen-bond donors (Lipinski definition) is 1. The van der Waals surface area contributed by atoms with Gasteiger partial charge in [0, 0.05) is 11.8 Å². The quantitative estimate of drug-likeness (QED) is 0.559. The Morgan fingerprint density at radius 2 is 2.00 bits per heavy atom. The van der Waals surface area contributed by atoms with Crippen LogP contribution in [0.4, 0.5) is 5.69 Å². The number of furan rings is 1. The van der Waals surface area contributed by atoms with Crippen LogP contribution >= 0.6 is 31.9 Å². The van der Waals surface area contributed by atoms with Crippen LogP contribution in [-0.2, 0) is 4.79 Å². The highest BCUT2D eigenvalue weighted by Crippen LogP contribution is 2.28. The van der Waals surface area contributed by atoms with Gasteiger partial charge in [-0.1, -0.05) is 6.07 Å². The molecule has 1 aromatic carbocycles. The first-order chi connectivity index (χ1) is 10.4. The standard InChI is InChI=1S/C16H12Br2N2O2/c1-9-3-4-12(5-10(9)2)20-16(21)11(8-19)6-13-7-14(17)15(18)22-13/h3-7H,1-2H3,(H,20,21)/b11-6-. The maximum atomic E-state index is 12.2. The number of carbonyl (C=O) groups is 1. The van der Waals surface area contributed by atoms with Crippen molar-refractivity contribution in [2.45, 2.75) is 13.8 Å². The monoisotopic (exact) mass is 422 g/mol. The van der Waals surface area contributed by atoms with E-state index in [0.717, 1.165) is 11.1 Å². The molecule has 22 heavy (non-hydrogen) atoms. The summed E-state index contributed by atoms with van der Waals surface area (Å²) in [4.78, 5) is 12.2. The molecule has 0 saturated heterocycles. The molecule has 2 rings (SSSR count). The van der Waals surface area contributed by atoms with Crippen molar-refractivity contribution in [2.75, 3.05) is 5.32 Å². The van der Waals surface area contributed by atoms with Gasteiger partial charge in [0.15, 0.2) is 4.67 Å². The minimum absolute atomic E-state index is 0.0352. The van der Waals surface area contributed by atoms with Crippen LogP contribution in [0, 0.1) is 25.2 Å². The Bertz CT molecular complexity index is 781. The Hall–Kier alpha value is -1.84. The second-order valence-corrected chi connectivity index (χ2v) is 6.27. The molecule has 1 aromatic heterocycles. The molecule has 0 bridgehead atoms. The van der Waals surface area contributed by atoms with Crippen molar-refractivity contribution in [1.29, 1.82) is 5.26 Å². The predicted octanol–water partition coefficient (Wildman–Crippen LogP) is 4.97. The summed E-state index contributed by atoms with van der Waals surface area (Å²) in [5.74, 6) is -0.0695. The molecule has 1 heterocycles. The second-order valence-electron chi connectivity index (χ2n) is 4.69. The van der Waals surface area contributed by atoms with Crippen LogP contribution in [0.1, 0.15) is 16.9 Å². The summed E-state index contributed by atoms with van der Waals surface area (Å²) < 4.78 is 6.56. The van der Waals surface area contributed by atoms with E-state index >= 15 is 0 Å². The van der Waals surface area contributed by atoms with Crippen LogP contribution in [0.3, 0.4) is 0 Å². The molecule has 112 valence electrons. The van der Waals surface area contributed by atoms with E-state index in [1.807, 2.05) is 32.0 Å². The summed E-state index contributed by atoms with van der Waals surface area (Å²) in [6, 6.07) is 9.14. The zero-order valence-corrected chi connectivity index (χ0v) is 15.1. The molecule has 1 N–H and O–H groups in total. The van der Waals surface area contributed by atoms with Crippen molar-refractivity contribution in [2.24, 2.45) is 0 Å². The molecule has 0 aliphatic heterocycles. The van der Waals surface area contributed by atoms with Crippen LogP contribution in [0.2, 0.25) is 0 Å². The molecule has 0 fully saturated rings. The number of hydrogen-bond acceptors (Lipinski definition) is 3. The van der Waals surface area contributed by atoms with Gasteiger partial charge < -0.3 is 9.73 Å². The number of carbonyl (C=O) groups excluding carboxylic acids is 1. The summed E-state index contributed by atoms with van der Waals surface area (Å²) >= 11 is 6.49. The Morgan fingerprint density at radius 3 is 2.55 bits per heavy atom. The van der Waals surface area contributed by atoms with Gasteiger partial charge in [0.2, 0.25) is 0 Å². The minimum atomic E-state index is -0.477. The van der Waals surface area contributed by atoms with Gasteiger partial charge in [0.1, 0.15) is 17.4 Å². The Morgan fingerprint density at radius 1 is 1.27 bits per heavy atom. The number of benzene rings is 1. The number of nitrogens with zero attached hydrogens (tertiary/aromatic N) is 1. The first kappa shape index (κ1) is 16.5. The summed E-state index contributed by atoms with van der Waals surface area (Å²) in [7, 11) is 0. The first-order valence-electron chi connectivity index (χ1n) is 6.36. The van der Waals surface area contributed by atoms with Crippen molar-refractivity contribution in [1.82, 2.24) is 0 Å². The molecule has 0 saturated carbocycles. The zero-order valence-electron chi connectivity index (χ0n) is 11.9. The molecule has 0 spiro atoms. The third kappa shape index (κ3) is 3.87. The number of aryl methyl sites for hydroxylation is 2. The van der Waals surface area contributed by atoms with Crippen molar-refractivity contribution >= 4 is 49.5 Å². The van der Waals surface area contributed by atoms with Gasteiger partial charge in [-0.15, -0.1) is 0 Å². The number of nitrogens with one attached hydrogen (secondary N) is 1. The zero-order chi connectivity index (χ0) is 16.3. The van der Waals surface area contributed by atoms with Crippen molar-refractivity contribution in [3.8, 4) is 6.07 Å². The van der Waals surface area contributed by atoms with Crippen LogP contribution in [0.25, 0.3) is 6.08 Å². The van der Waals surface area contributed by atoms with Crippen LogP contribution < -0.4 is 5.32 Å². The van der Waals surface area contributed by atoms with Gasteiger partial charge in [0.05, 0.1) is 4.47 Å². The molecule has 0 atom stereocenters. The lowest BCUT2D eigenvalue weighted by molar-refractivity contribution is -0.112. The molecule has 0 aliphatic rings. The fourth-order valence-electron chi connectivity index (χ4n) is 1.74. The van der Waals surface area contributed by atoms with E-state index in [1.165, 1.54) is 6.08 Å². The van der Waals surface area contributed by atoms with Gasteiger partial charge in [-0.2, -0.15) is 5.26 Å². The van der Waals surface area contributed by atoms with Crippen molar-refractivity contribution < 1.29 is 9.21 Å². The Labute approximate surface area is 145 Å². The average Bonchev–Trinajstić information content (AvgIpc) is 2.78. The maximum absolute atomic E-state index is 12.2. The molecule has 0 aliphatic carbocycles. The first-order valence-corrected chi connectivity index (χ1v) is 7.94. The largest absolute Gasteiger partial charge is 0.449 e. The number of amides is 1. The summed E-state index contributed by atoms with van der Waals surface area (Å²) in [5.41, 5.74) is 2.82. The molecule has 2 aromatic rings. The van der Waals surface area contributed by atoms with E-state index in [4.69, 9.17) is 9.68 Å². The number of rotatable bonds is 3. The van der Waals surface area contributed by atoms with Gasteiger partial charge >= 0.3 is 0 Å². The highest BCUT2D eigenvalue weighted by atomic mass is 79.9.